The molecular formula is C9H20O3. The molecule has 0 saturated heterocycles. The lowest BCUT2D eigenvalue weighted by atomic mass is 10.3. The second-order valence-corrected chi connectivity index (χ2v) is 1.90. The highest BCUT2D eigenvalue weighted by Gasteiger charge is 2.02. The Morgan fingerprint density at radius 3 is 2.50 bits per heavy atom. The van der Waals surface area contributed by atoms with Gasteiger partial charge in [0.1, 0.15) is 6.61 Å². The monoisotopic (exact) mass is 176 g/mol. The molecule has 0 bridgehead atoms. The van der Waals surface area contributed by atoms with Gasteiger partial charge in [-0.05, 0) is 6.42 Å². The van der Waals surface area contributed by atoms with Crippen molar-refractivity contribution in [3.8, 4) is 0 Å². The van der Waals surface area contributed by atoms with Crippen LogP contribution in [0.2, 0.25) is 0 Å². The lowest BCUT2D eigenvalue weighted by molar-refractivity contribution is -0.140. The Bertz CT molecular complexity index is 121. The van der Waals surface area contributed by atoms with Crippen LogP contribution in [0.1, 0.15) is 28.2 Å². The summed E-state index contributed by atoms with van der Waals surface area (Å²) in [7, 11) is 0. The molecule has 12 heavy (non-hydrogen) atoms. The maximum Gasteiger partial charge on any atom is 0.330 e. The largest absolute Gasteiger partial charge is 0.460 e. The average Bonchev–Trinajstić information content (AvgIpc) is 1.99. The van der Waals surface area contributed by atoms with Crippen molar-refractivity contribution in [1.82, 2.24) is 0 Å². The van der Waals surface area contributed by atoms with E-state index in [-0.39, 0.29) is 21.5 Å². The van der Waals surface area contributed by atoms with E-state index in [0.29, 0.717) is 6.42 Å². The van der Waals surface area contributed by atoms with Gasteiger partial charge in [0, 0.05) is 6.08 Å². The number of rotatable bonds is 4. The first kappa shape index (κ1) is 17.3. The van der Waals surface area contributed by atoms with Gasteiger partial charge in [0.05, 0.1) is 6.10 Å². The predicted octanol–water partition coefficient (Wildman–Crippen LogP) is 1.76. The van der Waals surface area contributed by atoms with Crippen molar-refractivity contribution in [2.24, 2.45) is 0 Å². The summed E-state index contributed by atoms with van der Waals surface area (Å²) in [6, 6.07) is 0. The smallest absolute Gasteiger partial charge is 0.330 e. The molecule has 0 aliphatic rings. The van der Waals surface area contributed by atoms with Crippen LogP contribution in [0.15, 0.2) is 12.7 Å². The molecule has 0 aromatic heterocycles. The van der Waals surface area contributed by atoms with Crippen LogP contribution < -0.4 is 0 Å². The van der Waals surface area contributed by atoms with Gasteiger partial charge in [0.2, 0.25) is 0 Å². The minimum absolute atomic E-state index is 0. The van der Waals surface area contributed by atoms with Crippen molar-refractivity contribution in [2.75, 3.05) is 6.61 Å². The molecule has 0 aliphatic carbocycles. The Morgan fingerprint density at radius 2 is 2.17 bits per heavy atom. The van der Waals surface area contributed by atoms with Gasteiger partial charge in [-0.2, -0.15) is 0 Å². The summed E-state index contributed by atoms with van der Waals surface area (Å²) in [6.45, 7) is 5.08. The van der Waals surface area contributed by atoms with Crippen LogP contribution in [-0.2, 0) is 9.53 Å². The van der Waals surface area contributed by atoms with E-state index in [1.54, 1.807) is 0 Å². The molecule has 0 aromatic rings. The number of aliphatic hydroxyl groups is 1. The van der Waals surface area contributed by atoms with Crippen LogP contribution in [0.4, 0.5) is 0 Å². The molecule has 3 nitrogen and oxygen atoms in total. The van der Waals surface area contributed by atoms with E-state index in [1.807, 2.05) is 6.92 Å². The zero-order chi connectivity index (χ0) is 7.98. The fourth-order valence-corrected chi connectivity index (χ4v) is 0.355. The zero-order valence-corrected chi connectivity index (χ0v) is 6.04. The molecule has 0 saturated carbocycles. The summed E-state index contributed by atoms with van der Waals surface area (Å²) in [6.07, 6.45) is 1.11. The Labute approximate surface area is 75.1 Å². The first-order valence-electron chi connectivity index (χ1n) is 3.18. The predicted molar refractivity (Wildman–Crippen MR) is 50.9 cm³/mol. The van der Waals surface area contributed by atoms with E-state index >= 15 is 0 Å². The number of ether oxygens (including phenoxy) is 1. The molecule has 1 atom stereocenters. The lowest BCUT2D eigenvalue weighted by Gasteiger charge is -2.05. The summed E-state index contributed by atoms with van der Waals surface area (Å²) < 4.78 is 4.54. The van der Waals surface area contributed by atoms with Crippen molar-refractivity contribution in [2.45, 2.75) is 34.3 Å². The Morgan fingerprint density at radius 1 is 1.67 bits per heavy atom. The molecule has 0 spiro atoms. The third kappa shape index (κ3) is 9.17. The van der Waals surface area contributed by atoms with Gasteiger partial charge in [-0.25, -0.2) is 4.79 Å². The lowest BCUT2D eigenvalue weighted by Crippen LogP contribution is -2.16. The molecule has 0 aliphatic heterocycles. The Kier molecular flexibility index (Phi) is 14.7. The van der Waals surface area contributed by atoms with E-state index in [2.05, 4.69) is 11.3 Å². The fraction of sp³-hybridized carbons (Fsp3) is 0.667. The number of aliphatic hydroxyl groups excluding tert-OH is 1. The molecule has 74 valence electrons. The van der Waals surface area contributed by atoms with Crippen molar-refractivity contribution in [3.05, 3.63) is 12.7 Å². The first-order chi connectivity index (χ1) is 4.70. The maximum absolute atomic E-state index is 10.4. The molecule has 0 aromatic carbocycles. The summed E-state index contributed by atoms with van der Waals surface area (Å²) in [4.78, 5) is 10.4. The molecule has 0 rings (SSSR count). The quantitative estimate of drug-likeness (QED) is 0.524. The Balaban J connectivity index is -0.000000405. The van der Waals surface area contributed by atoms with Crippen LogP contribution in [0, 0.1) is 0 Å². The van der Waals surface area contributed by atoms with Crippen LogP contribution in [0.3, 0.4) is 0 Å². The first-order valence-corrected chi connectivity index (χ1v) is 3.18. The van der Waals surface area contributed by atoms with Crippen LogP contribution in [0.25, 0.3) is 0 Å². The van der Waals surface area contributed by atoms with Crippen molar-refractivity contribution in [1.29, 1.82) is 0 Å². The van der Waals surface area contributed by atoms with Gasteiger partial charge in [0.15, 0.2) is 0 Å². The molecule has 1 unspecified atom stereocenters. The van der Waals surface area contributed by atoms with Gasteiger partial charge in [-0.3, -0.25) is 0 Å². The molecule has 1 N–H and O–H groups in total. The number of hydrogen-bond donors (Lipinski definition) is 1. The molecular weight excluding hydrogens is 156 g/mol. The van der Waals surface area contributed by atoms with Gasteiger partial charge in [-0.15, -0.1) is 0 Å². The topological polar surface area (TPSA) is 46.5 Å². The highest BCUT2D eigenvalue weighted by molar-refractivity contribution is 5.81. The van der Waals surface area contributed by atoms with Crippen molar-refractivity contribution >= 4 is 5.97 Å². The van der Waals surface area contributed by atoms with Gasteiger partial charge < -0.3 is 9.84 Å². The van der Waals surface area contributed by atoms with E-state index in [9.17, 15) is 4.79 Å². The van der Waals surface area contributed by atoms with Crippen LogP contribution in [-0.4, -0.2) is 23.8 Å². The highest BCUT2D eigenvalue weighted by Crippen LogP contribution is 1.90. The highest BCUT2D eigenvalue weighted by atomic mass is 16.5. The molecule has 0 radical (unpaired) electrons. The van der Waals surface area contributed by atoms with Gasteiger partial charge in [-0.1, -0.05) is 28.4 Å². The number of hydrogen-bond acceptors (Lipinski definition) is 3. The van der Waals surface area contributed by atoms with E-state index in [0.717, 1.165) is 6.08 Å². The summed E-state index contributed by atoms with van der Waals surface area (Å²) in [5, 5.41) is 8.89. The van der Waals surface area contributed by atoms with Gasteiger partial charge in [0.25, 0.3) is 0 Å². The fourth-order valence-electron chi connectivity index (χ4n) is 0.355. The van der Waals surface area contributed by atoms with Crippen molar-refractivity contribution < 1.29 is 14.6 Å². The second kappa shape index (κ2) is 10.2. The minimum Gasteiger partial charge on any atom is -0.460 e. The third-order valence-electron chi connectivity index (χ3n) is 1.06. The molecule has 0 fully saturated rings. The van der Waals surface area contributed by atoms with Crippen LogP contribution in [0.5, 0.6) is 0 Å². The van der Waals surface area contributed by atoms with E-state index in [4.69, 9.17) is 5.11 Å². The van der Waals surface area contributed by atoms with Crippen molar-refractivity contribution in [3.63, 3.8) is 0 Å². The minimum atomic E-state index is -0.552. The molecule has 0 amide bonds. The average molecular weight is 176 g/mol. The van der Waals surface area contributed by atoms with E-state index < -0.39 is 12.1 Å². The van der Waals surface area contributed by atoms with E-state index in [1.165, 1.54) is 0 Å². The summed E-state index contributed by atoms with van der Waals surface area (Å²) in [5.74, 6) is -0.493. The SMILES string of the molecule is C.C.C=CC(=O)OCC(O)CC. The number of carbonyl (C=O) groups is 1. The third-order valence-corrected chi connectivity index (χ3v) is 1.06. The standard InChI is InChI=1S/C7H12O3.2CH4/c1-3-6(8)5-10-7(9)4-2;;/h4,6,8H,2-3,5H2,1H3;2*1H4. The number of esters is 1. The normalized spacial score (nSPS) is 10.2. The maximum atomic E-state index is 10.4. The number of carbonyl (C=O) groups excluding carboxylic acids is 1. The molecule has 0 heterocycles. The summed E-state index contributed by atoms with van der Waals surface area (Å²) >= 11 is 0. The second-order valence-electron chi connectivity index (χ2n) is 1.90. The zero-order valence-electron chi connectivity index (χ0n) is 6.04. The molecule has 3 heteroatoms. The van der Waals surface area contributed by atoms with Gasteiger partial charge >= 0.3 is 5.97 Å². The summed E-state index contributed by atoms with van der Waals surface area (Å²) in [5.41, 5.74) is 0. The Hall–Kier alpha value is -0.830. The van der Waals surface area contributed by atoms with Crippen LogP contribution >= 0.6 is 0 Å².